The number of carbonyl (C=O) groups excluding carboxylic acids is 1. The van der Waals surface area contributed by atoms with Gasteiger partial charge in [-0.05, 0) is 32.4 Å². The largest absolute Gasteiger partial charge is 0.444 e. The molecule has 0 bridgehead atoms. The highest BCUT2D eigenvalue weighted by molar-refractivity contribution is 5.68. The number of benzene rings is 2. The Bertz CT molecular complexity index is 813. The first-order valence-electron chi connectivity index (χ1n) is 9.95. The third kappa shape index (κ3) is 5.94. The van der Waals surface area contributed by atoms with E-state index >= 15 is 4.39 Å². The summed E-state index contributed by atoms with van der Waals surface area (Å²) in [7, 11) is 0. The van der Waals surface area contributed by atoms with Crippen molar-refractivity contribution in [3.63, 3.8) is 0 Å². The molecule has 1 heterocycles. The molecule has 29 heavy (non-hydrogen) atoms. The van der Waals surface area contributed by atoms with Crippen molar-refractivity contribution in [2.75, 3.05) is 31.1 Å². The molecule has 5 nitrogen and oxygen atoms in total. The van der Waals surface area contributed by atoms with Gasteiger partial charge in [0.15, 0.2) is 5.82 Å². The van der Waals surface area contributed by atoms with E-state index in [0.717, 1.165) is 5.56 Å². The summed E-state index contributed by atoms with van der Waals surface area (Å²) < 4.78 is 26.1. The number of amides is 1. The Kier molecular flexibility index (Phi) is 6.75. The molecule has 0 radical (unpaired) electrons. The van der Waals surface area contributed by atoms with Crippen LogP contribution in [-0.4, -0.2) is 42.8 Å². The highest BCUT2D eigenvalue weighted by atomic mass is 19.1. The van der Waals surface area contributed by atoms with Crippen LogP contribution >= 0.6 is 0 Å². The quantitative estimate of drug-likeness (QED) is 0.736. The number of anilines is 1. The van der Waals surface area contributed by atoms with E-state index in [0.29, 0.717) is 44.0 Å². The molecule has 1 aliphatic rings. The van der Waals surface area contributed by atoms with Crippen LogP contribution in [0, 0.1) is 5.82 Å². The molecule has 0 aliphatic carbocycles. The predicted molar refractivity (Wildman–Crippen MR) is 111 cm³/mol. The highest BCUT2D eigenvalue weighted by Crippen LogP contribution is 2.25. The first-order valence-corrected chi connectivity index (χ1v) is 9.95. The van der Waals surface area contributed by atoms with Gasteiger partial charge in [-0.3, -0.25) is 0 Å². The molecule has 1 fully saturated rings. The van der Waals surface area contributed by atoms with Crippen molar-refractivity contribution in [3.8, 4) is 0 Å². The maximum atomic E-state index is 15.0. The molecule has 0 N–H and O–H groups in total. The van der Waals surface area contributed by atoms with Crippen molar-refractivity contribution in [2.24, 2.45) is 0 Å². The lowest BCUT2D eigenvalue weighted by Crippen LogP contribution is -2.50. The molecule has 1 aliphatic heterocycles. The van der Waals surface area contributed by atoms with Gasteiger partial charge in [0.05, 0.1) is 18.9 Å². The average molecular weight is 400 g/mol. The van der Waals surface area contributed by atoms with Crippen molar-refractivity contribution in [3.05, 3.63) is 65.5 Å². The molecule has 1 saturated heterocycles. The Balaban J connectivity index is 1.56. The molecule has 0 unspecified atom stereocenters. The topological polar surface area (TPSA) is 42.0 Å². The smallest absolute Gasteiger partial charge is 0.410 e. The van der Waals surface area contributed by atoms with Crippen molar-refractivity contribution >= 4 is 11.8 Å². The van der Waals surface area contributed by atoms with Crippen LogP contribution in [0.25, 0.3) is 0 Å². The first kappa shape index (κ1) is 21.1. The molecule has 1 amide bonds. The summed E-state index contributed by atoms with van der Waals surface area (Å²) in [6, 6.07) is 15.2. The minimum Gasteiger partial charge on any atom is -0.444 e. The van der Waals surface area contributed by atoms with Gasteiger partial charge in [0.25, 0.3) is 0 Å². The minimum absolute atomic E-state index is 0.215. The van der Waals surface area contributed by atoms with Crippen molar-refractivity contribution in [2.45, 2.75) is 39.6 Å². The standard InChI is InChI=1S/C23H29FN2O3/c1-23(2,3)29-22(27)26-14-12-25(13-15-26)20-11-7-10-19(21(20)24)17-28-16-18-8-5-4-6-9-18/h4-11H,12-17H2,1-3H3. The summed E-state index contributed by atoms with van der Waals surface area (Å²) in [6.07, 6.45) is -0.319. The van der Waals surface area contributed by atoms with Gasteiger partial charge >= 0.3 is 6.09 Å². The van der Waals surface area contributed by atoms with E-state index < -0.39 is 5.60 Å². The number of piperazine rings is 1. The highest BCUT2D eigenvalue weighted by Gasteiger charge is 2.27. The summed E-state index contributed by atoms with van der Waals surface area (Å²) in [5.74, 6) is -0.258. The van der Waals surface area contributed by atoms with E-state index in [-0.39, 0.29) is 18.5 Å². The lowest BCUT2D eigenvalue weighted by Gasteiger charge is -2.37. The fraction of sp³-hybridized carbons (Fsp3) is 0.435. The van der Waals surface area contributed by atoms with Gasteiger partial charge in [-0.2, -0.15) is 0 Å². The summed E-state index contributed by atoms with van der Waals surface area (Å²) in [4.78, 5) is 15.8. The first-order chi connectivity index (χ1) is 13.8. The molecular formula is C23H29FN2O3. The van der Waals surface area contributed by atoms with E-state index in [1.807, 2.05) is 62.1 Å². The van der Waals surface area contributed by atoms with Gasteiger partial charge in [-0.1, -0.05) is 42.5 Å². The van der Waals surface area contributed by atoms with Crippen LogP contribution in [0.4, 0.5) is 14.9 Å². The number of halogens is 1. The second kappa shape index (κ2) is 9.27. The second-order valence-corrected chi connectivity index (χ2v) is 8.18. The predicted octanol–water partition coefficient (Wildman–Crippen LogP) is 4.60. The lowest BCUT2D eigenvalue weighted by molar-refractivity contribution is 0.0240. The van der Waals surface area contributed by atoms with E-state index in [1.165, 1.54) is 0 Å². The van der Waals surface area contributed by atoms with Crippen molar-refractivity contribution < 1.29 is 18.7 Å². The molecule has 0 atom stereocenters. The van der Waals surface area contributed by atoms with E-state index in [4.69, 9.17) is 9.47 Å². The number of rotatable bonds is 5. The fourth-order valence-electron chi connectivity index (χ4n) is 3.23. The van der Waals surface area contributed by atoms with Gasteiger partial charge in [0.2, 0.25) is 0 Å². The van der Waals surface area contributed by atoms with Gasteiger partial charge in [-0.15, -0.1) is 0 Å². The third-order valence-electron chi connectivity index (χ3n) is 4.70. The molecule has 3 rings (SSSR count). The Hall–Kier alpha value is -2.60. The summed E-state index contributed by atoms with van der Waals surface area (Å²) in [6.45, 7) is 8.33. The van der Waals surface area contributed by atoms with Gasteiger partial charge < -0.3 is 19.3 Å². The van der Waals surface area contributed by atoms with Crippen LogP contribution in [0.1, 0.15) is 31.9 Å². The Morgan fingerprint density at radius 1 is 0.966 bits per heavy atom. The molecule has 2 aromatic rings. The molecule has 2 aromatic carbocycles. The van der Waals surface area contributed by atoms with Crippen molar-refractivity contribution in [1.29, 1.82) is 0 Å². The van der Waals surface area contributed by atoms with Crippen LogP contribution in [0.5, 0.6) is 0 Å². The molecule has 0 spiro atoms. The van der Waals surface area contributed by atoms with Gasteiger partial charge in [-0.25, -0.2) is 9.18 Å². The SMILES string of the molecule is CC(C)(C)OC(=O)N1CCN(c2cccc(COCc3ccccc3)c2F)CC1. The van der Waals surface area contributed by atoms with Crippen LogP contribution in [0.15, 0.2) is 48.5 Å². The molecule has 0 saturated carbocycles. The normalized spacial score (nSPS) is 14.8. The van der Waals surface area contributed by atoms with Crippen molar-refractivity contribution in [1.82, 2.24) is 4.90 Å². The van der Waals surface area contributed by atoms with E-state index in [1.54, 1.807) is 17.0 Å². The zero-order valence-corrected chi connectivity index (χ0v) is 17.4. The number of hydrogen-bond donors (Lipinski definition) is 0. The minimum atomic E-state index is -0.519. The summed E-state index contributed by atoms with van der Waals surface area (Å²) in [5.41, 5.74) is 1.62. The molecule has 0 aromatic heterocycles. The van der Waals surface area contributed by atoms with E-state index in [2.05, 4.69) is 0 Å². The summed E-state index contributed by atoms with van der Waals surface area (Å²) in [5, 5.41) is 0. The van der Waals surface area contributed by atoms with Crippen LogP contribution < -0.4 is 4.90 Å². The monoisotopic (exact) mass is 400 g/mol. The van der Waals surface area contributed by atoms with Gasteiger partial charge in [0, 0.05) is 31.7 Å². The Labute approximate surface area is 172 Å². The molecular weight excluding hydrogens is 371 g/mol. The number of nitrogens with zero attached hydrogens (tertiary/aromatic N) is 2. The van der Waals surface area contributed by atoms with Gasteiger partial charge in [0.1, 0.15) is 5.60 Å². The maximum Gasteiger partial charge on any atom is 0.410 e. The second-order valence-electron chi connectivity index (χ2n) is 8.18. The van der Waals surface area contributed by atoms with Crippen LogP contribution in [-0.2, 0) is 22.7 Å². The average Bonchev–Trinajstić information content (AvgIpc) is 2.69. The number of hydrogen-bond acceptors (Lipinski definition) is 4. The maximum absolute atomic E-state index is 15.0. The zero-order chi connectivity index (χ0) is 20.9. The lowest BCUT2D eigenvalue weighted by atomic mass is 10.1. The third-order valence-corrected chi connectivity index (χ3v) is 4.70. The Morgan fingerprint density at radius 3 is 2.31 bits per heavy atom. The molecule has 156 valence electrons. The van der Waals surface area contributed by atoms with E-state index in [9.17, 15) is 4.79 Å². The van der Waals surface area contributed by atoms with Crippen LogP contribution in [0.3, 0.4) is 0 Å². The zero-order valence-electron chi connectivity index (χ0n) is 17.4. The Morgan fingerprint density at radius 2 is 1.66 bits per heavy atom. The van der Waals surface area contributed by atoms with Crippen LogP contribution in [0.2, 0.25) is 0 Å². The fourth-order valence-corrected chi connectivity index (χ4v) is 3.23. The number of carbonyl (C=O) groups is 1. The number of ether oxygens (including phenoxy) is 2. The molecule has 6 heteroatoms. The summed E-state index contributed by atoms with van der Waals surface area (Å²) >= 11 is 0.